The lowest BCUT2D eigenvalue weighted by Crippen LogP contribution is -2.44. The second-order valence-electron chi connectivity index (χ2n) is 4.51. The fraction of sp³-hybridized carbons (Fsp3) is 0.500. The van der Waals surface area contributed by atoms with E-state index >= 15 is 0 Å². The summed E-state index contributed by atoms with van der Waals surface area (Å²) in [7, 11) is 0. The molecular formula is C12H16BrN3O3. The van der Waals surface area contributed by atoms with Gasteiger partial charge in [-0.05, 0) is 34.7 Å². The van der Waals surface area contributed by atoms with Crippen LogP contribution in [-0.4, -0.2) is 30.1 Å². The van der Waals surface area contributed by atoms with Crippen LogP contribution >= 0.6 is 15.9 Å². The number of carbonyl (C=O) groups excluding carboxylic acids is 1. The Bertz CT molecular complexity index is 511. The number of carbonyl (C=O) groups is 1. The molecule has 0 unspecified atom stereocenters. The second-order valence-corrected chi connectivity index (χ2v) is 5.37. The number of pyridine rings is 1. The molecule has 1 atom stereocenters. The van der Waals surface area contributed by atoms with Gasteiger partial charge in [-0.2, -0.15) is 0 Å². The van der Waals surface area contributed by atoms with Crippen molar-refractivity contribution in [3.05, 3.63) is 27.1 Å². The standard InChI is InChI=1S/C12H16BrN3O3/c13-8-5-15-6-9(11(8)17)16-12(18)10(14)7-1-3-19-4-2-7/h5-7,10H,1-4,14H2,(H,15,17)(H,16,18)/t10-/m0/s1. The van der Waals surface area contributed by atoms with Crippen LogP contribution in [0.15, 0.2) is 21.7 Å². The van der Waals surface area contributed by atoms with Crippen LogP contribution in [0.4, 0.5) is 5.69 Å². The first-order chi connectivity index (χ1) is 9.09. The topological polar surface area (TPSA) is 97.2 Å². The highest BCUT2D eigenvalue weighted by atomic mass is 79.9. The number of halogens is 1. The highest BCUT2D eigenvalue weighted by Gasteiger charge is 2.27. The van der Waals surface area contributed by atoms with E-state index in [1.807, 2.05) is 0 Å². The Labute approximate surface area is 118 Å². The molecule has 1 fully saturated rings. The van der Waals surface area contributed by atoms with E-state index in [2.05, 4.69) is 26.2 Å². The fourth-order valence-corrected chi connectivity index (χ4v) is 2.40. The van der Waals surface area contributed by atoms with E-state index in [9.17, 15) is 9.59 Å². The summed E-state index contributed by atoms with van der Waals surface area (Å²) in [5, 5.41) is 2.57. The summed E-state index contributed by atoms with van der Waals surface area (Å²) in [6.45, 7) is 1.26. The largest absolute Gasteiger partial charge is 0.381 e. The van der Waals surface area contributed by atoms with E-state index in [-0.39, 0.29) is 22.9 Å². The minimum Gasteiger partial charge on any atom is -0.381 e. The highest BCUT2D eigenvalue weighted by Crippen LogP contribution is 2.18. The fourth-order valence-electron chi connectivity index (χ4n) is 2.06. The van der Waals surface area contributed by atoms with Crippen molar-refractivity contribution in [3.8, 4) is 0 Å². The van der Waals surface area contributed by atoms with Crippen LogP contribution in [0.2, 0.25) is 0 Å². The Morgan fingerprint density at radius 1 is 1.47 bits per heavy atom. The first kappa shape index (κ1) is 14.2. The van der Waals surface area contributed by atoms with Gasteiger partial charge in [0.15, 0.2) is 0 Å². The van der Waals surface area contributed by atoms with Crippen molar-refractivity contribution in [3.63, 3.8) is 0 Å². The Hall–Kier alpha value is -1.18. The first-order valence-corrected chi connectivity index (χ1v) is 6.89. The number of rotatable bonds is 3. The minimum atomic E-state index is -0.623. The summed E-state index contributed by atoms with van der Waals surface area (Å²) < 4.78 is 5.60. The predicted molar refractivity (Wildman–Crippen MR) is 74.9 cm³/mol. The van der Waals surface area contributed by atoms with Gasteiger partial charge in [0, 0.05) is 25.6 Å². The number of aromatic nitrogens is 1. The van der Waals surface area contributed by atoms with E-state index in [1.54, 1.807) is 0 Å². The van der Waals surface area contributed by atoms with Gasteiger partial charge in [-0.3, -0.25) is 9.59 Å². The van der Waals surface area contributed by atoms with Crippen molar-refractivity contribution in [1.29, 1.82) is 0 Å². The van der Waals surface area contributed by atoms with Gasteiger partial charge in [0.1, 0.15) is 5.69 Å². The number of nitrogens with one attached hydrogen (secondary N) is 2. The summed E-state index contributed by atoms with van der Waals surface area (Å²) in [5.41, 5.74) is 5.86. The summed E-state index contributed by atoms with van der Waals surface area (Å²) in [6, 6.07) is -0.623. The molecule has 0 spiro atoms. The first-order valence-electron chi connectivity index (χ1n) is 6.10. The third-order valence-corrected chi connectivity index (χ3v) is 3.82. The van der Waals surface area contributed by atoms with E-state index < -0.39 is 6.04 Å². The molecule has 1 aliphatic heterocycles. The molecule has 0 radical (unpaired) electrons. The number of aromatic amines is 1. The van der Waals surface area contributed by atoms with Crippen LogP contribution in [0.3, 0.4) is 0 Å². The Kier molecular flexibility index (Phi) is 4.73. The third kappa shape index (κ3) is 3.43. The second kappa shape index (κ2) is 6.31. The number of nitrogens with two attached hydrogens (primary N) is 1. The van der Waals surface area contributed by atoms with Gasteiger partial charge in [0.05, 0.1) is 10.5 Å². The number of hydrogen-bond acceptors (Lipinski definition) is 4. The number of anilines is 1. The lowest BCUT2D eigenvalue weighted by Gasteiger charge is -2.26. The molecule has 1 aliphatic rings. The third-order valence-electron chi connectivity index (χ3n) is 3.23. The van der Waals surface area contributed by atoms with E-state index in [0.29, 0.717) is 17.7 Å². The number of ether oxygens (including phenoxy) is 1. The zero-order valence-corrected chi connectivity index (χ0v) is 11.9. The van der Waals surface area contributed by atoms with Gasteiger partial charge in [-0.1, -0.05) is 0 Å². The van der Waals surface area contributed by atoms with E-state index in [4.69, 9.17) is 10.5 Å². The van der Waals surface area contributed by atoms with Gasteiger partial charge >= 0.3 is 0 Å². The quantitative estimate of drug-likeness (QED) is 0.765. The average Bonchev–Trinajstić information content (AvgIpc) is 2.44. The maximum absolute atomic E-state index is 12.0. The van der Waals surface area contributed by atoms with Gasteiger partial charge in [0.25, 0.3) is 0 Å². The van der Waals surface area contributed by atoms with E-state index in [0.717, 1.165) is 12.8 Å². The van der Waals surface area contributed by atoms with E-state index in [1.165, 1.54) is 12.4 Å². The van der Waals surface area contributed by atoms with Gasteiger partial charge in [0.2, 0.25) is 11.3 Å². The summed E-state index contributed by atoms with van der Waals surface area (Å²) in [4.78, 5) is 26.6. The molecule has 1 amide bonds. The molecule has 1 aromatic heterocycles. The van der Waals surface area contributed by atoms with Crippen LogP contribution in [-0.2, 0) is 9.53 Å². The number of hydrogen-bond donors (Lipinski definition) is 3. The lowest BCUT2D eigenvalue weighted by molar-refractivity contribution is -0.119. The van der Waals surface area contributed by atoms with Crippen LogP contribution in [0, 0.1) is 5.92 Å². The molecule has 0 saturated carbocycles. The smallest absolute Gasteiger partial charge is 0.241 e. The highest BCUT2D eigenvalue weighted by molar-refractivity contribution is 9.10. The van der Waals surface area contributed by atoms with Crippen LogP contribution in [0.1, 0.15) is 12.8 Å². The Morgan fingerprint density at radius 2 is 2.16 bits per heavy atom. The molecule has 0 bridgehead atoms. The molecule has 0 aliphatic carbocycles. The van der Waals surface area contributed by atoms with Crippen molar-refractivity contribution in [1.82, 2.24) is 4.98 Å². The minimum absolute atomic E-state index is 0.0972. The molecule has 1 saturated heterocycles. The van der Waals surface area contributed by atoms with Gasteiger partial charge < -0.3 is 20.8 Å². The number of amides is 1. The summed E-state index contributed by atoms with van der Waals surface area (Å²) in [5.74, 6) is -0.240. The molecule has 7 heteroatoms. The Morgan fingerprint density at radius 3 is 2.84 bits per heavy atom. The van der Waals surface area contributed by atoms with Crippen molar-refractivity contribution in [2.75, 3.05) is 18.5 Å². The molecular weight excluding hydrogens is 314 g/mol. The van der Waals surface area contributed by atoms with Crippen molar-refractivity contribution >= 4 is 27.5 Å². The van der Waals surface area contributed by atoms with Crippen LogP contribution in [0.25, 0.3) is 0 Å². The maximum atomic E-state index is 12.0. The number of H-pyrrole nitrogens is 1. The monoisotopic (exact) mass is 329 g/mol. The van der Waals surface area contributed by atoms with Crippen molar-refractivity contribution < 1.29 is 9.53 Å². The predicted octanol–water partition coefficient (Wildman–Crippen LogP) is 0.830. The van der Waals surface area contributed by atoms with Crippen molar-refractivity contribution in [2.45, 2.75) is 18.9 Å². The Balaban J connectivity index is 2.04. The zero-order valence-electron chi connectivity index (χ0n) is 10.3. The molecule has 104 valence electrons. The summed E-state index contributed by atoms with van der Waals surface area (Å²) in [6.07, 6.45) is 4.49. The van der Waals surface area contributed by atoms with Crippen molar-refractivity contribution in [2.24, 2.45) is 11.7 Å². The molecule has 2 rings (SSSR count). The maximum Gasteiger partial charge on any atom is 0.241 e. The molecule has 19 heavy (non-hydrogen) atoms. The molecule has 0 aromatic carbocycles. The SMILES string of the molecule is N[C@H](C(=O)Nc1c[nH]cc(Br)c1=O)C1CCOCC1. The molecule has 2 heterocycles. The zero-order chi connectivity index (χ0) is 13.8. The average molecular weight is 330 g/mol. The molecule has 1 aromatic rings. The summed E-state index contributed by atoms with van der Waals surface area (Å²) >= 11 is 3.11. The molecule has 6 nitrogen and oxygen atoms in total. The van der Waals surface area contributed by atoms with Gasteiger partial charge in [-0.25, -0.2) is 0 Å². The van der Waals surface area contributed by atoms with Gasteiger partial charge in [-0.15, -0.1) is 0 Å². The lowest BCUT2D eigenvalue weighted by atomic mass is 9.92. The molecule has 4 N–H and O–H groups in total. The van der Waals surface area contributed by atoms with Crippen LogP contribution in [0.5, 0.6) is 0 Å². The normalized spacial score (nSPS) is 18.0. The van der Waals surface area contributed by atoms with Crippen LogP contribution < -0.4 is 16.5 Å².